The van der Waals surface area contributed by atoms with Crippen molar-refractivity contribution in [1.82, 2.24) is 15.3 Å². The van der Waals surface area contributed by atoms with Crippen LogP contribution in [0.2, 0.25) is 0 Å². The molecule has 1 fully saturated rings. The van der Waals surface area contributed by atoms with Crippen molar-refractivity contribution in [2.75, 3.05) is 18.0 Å². The smallest absolute Gasteiger partial charge is 0.0465 e. The van der Waals surface area contributed by atoms with Gasteiger partial charge in [0.25, 0.3) is 0 Å². The van der Waals surface area contributed by atoms with Crippen LogP contribution >= 0.6 is 0 Å². The second-order valence-corrected chi connectivity index (χ2v) is 7.82. The zero-order valence-electron chi connectivity index (χ0n) is 16.5. The van der Waals surface area contributed by atoms with Gasteiger partial charge < -0.3 is 15.2 Å². The Morgan fingerprint density at radius 2 is 1.86 bits per heavy atom. The Labute approximate surface area is 171 Å². The molecule has 0 radical (unpaired) electrons. The zero-order valence-corrected chi connectivity index (χ0v) is 16.5. The molecule has 1 aliphatic heterocycles. The van der Waals surface area contributed by atoms with E-state index in [-0.39, 0.29) is 0 Å². The predicted molar refractivity (Wildman–Crippen MR) is 120 cm³/mol. The molecule has 4 nitrogen and oxygen atoms in total. The third kappa shape index (κ3) is 4.03. The average Bonchev–Trinajstić information content (AvgIpc) is 3.23. The Morgan fingerprint density at radius 3 is 2.69 bits per heavy atom. The molecular formula is C25H26N4. The van der Waals surface area contributed by atoms with E-state index in [1.165, 1.54) is 33.4 Å². The minimum atomic E-state index is 0.573. The standard InChI is InChI=1S/C25H26N4/c1-2-9-24-21(6-1)16-25(28-24)20-7-3-8-23(15-20)29-13-10-22(11-14-29)27-18-19-5-4-12-26-17-19/h1-9,12,15-17,22,27-28H,10-11,13-14,18H2. The van der Waals surface area contributed by atoms with Crippen LogP contribution in [-0.2, 0) is 6.54 Å². The Hall–Kier alpha value is -3.11. The normalized spacial score (nSPS) is 15.1. The molecule has 0 atom stereocenters. The minimum absolute atomic E-state index is 0.573. The summed E-state index contributed by atoms with van der Waals surface area (Å²) in [4.78, 5) is 10.3. The number of hydrogen-bond acceptors (Lipinski definition) is 3. The number of fused-ring (bicyclic) bond motifs is 1. The maximum Gasteiger partial charge on any atom is 0.0465 e. The first-order valence-corrected chi connectivity index (χ1v) is 10.4. The van der Waals surface area contributed by atoms with Gasteiger partial charge in [-0.1, -0.05) is 36.4 Å². The van der Waals surface area contributed by atoms with Gasteiger partial charge in [-0.25, -0.2) is 0 Å². The van der Waals surface area contributed by atoms with Crippen molar-refractivity contribution in [3.8, 4) is 11.3 Å². The Kier molecular flexibility index (Phi) is 5.01. The molecule has 0 bridgehead atoms. The van der Waals surface area contributed by atoms with Gasteiger partial charge >= 0.3 is 0 Å². The SMILES string of the molecule is c1cncc(CNC2CCN(c3cccc(-c4cc5ccccc5[nH]4)c3)CC2)c1. The lowest BCUT2D eigenvalue weighted by atomic mass is 10.0. The molecule has 1 aliphatic rings. The molecule has 0 aliphatic carbocycles. The largest absolute Gasteiger partial charge is 0.371 e. The summed E-state index contributed by atoms with van der Waals surface area (Å²) >= 11 is 0. The van der Waals surface area contributed by atoms with Crippen LogP contribution in [0.1, 0.15) is 18.4 Å². The van der Waals surface area contributed by atoms with Crippen LogP contribution in [0, 0.1) is 0 Å². The van der Waals surface area contributed by atoms with E-state index in [1.54, 1.807) is 0 Å². The quantitative estimate of drug-likeness (QED) is 0.511. The fourth-order valence-corrected chi connectivity index (χ4v) is 4.21. The van der Waals surface area contributed by atoms with Crippen LogP contribution in [0.5, 0.6) is 0 Å². The molecule has 0 spiro atoms. The van der Waals surface area contributed by atoms with Crippen LogP contribution in [0.3, 0.4) is 0 Å². The summed E-state index contributed by atoms with van der Waals surface area (Å²) in [5, 5.41) is 4.95. The van der Waals surface area contributed by atoms with Gasteiger partial charge in [0, 0.05) is 60.4 Å². The number of aromatic nitrogens is 2. The molecule has 0 saturated carbocycles. The van der Waals surface area contributed by atoms with Crippen molar-refractivity contribution < 1.29 is 0 Å². The number of aromatic amines is 1. The first-order chi connectivity index (χ1) is 14.3. The van der Waals surface area contributed by atoms with Gasteiger partial charge in [0.1, 0.15) is 0 Å². The molecule has 3 heterocycles. The van der Waals surface area contributed by atoms with Gasteiger partial charge in [-0.2, -0.15) is 0 Å². The monoisotopic (exact) mass is 382 g/mol. The molecule has 2 aromatic carbocycles. The molecule has 5 rings (SSSR count). The molecule has 1 saturated heterocycles. The van der Waals surface area contributed by atoms with E-state index < -0.39 is 0 Å². The third-order valence-corrected chi connectivity index (χ3v) is 5.86. The van der Waals surface area contributed by atoms with Crippen molar-refractivity contribution in [1.29, 1.82) is 0 Å². The summed E-state index contributed by atoms with van der Waals surface area (Å²) in [6.45, 7) is 3.07. The van der Waals surface area contributed by atoms with E-state index in [2.05, 4.69) is 80.8 Å². The Balaban J connectivity index is 1.23. The fraction of sp³-hybridized carbons (Fsp3) is 0.240. The number of nitrogens with one attached hydrogen (secondary N) is 2. The molecule has 0 unspecified atom stereocenters. The van der Waals surface area contributed by atoms with Gasteiger partial charge in [0.15, 0.2) is 0 Å². The summed E-state index contributed by atoms with van der Waals surface area (Å²) in [6.07, 6.45) is 6.09. The number of nitrogens with zero attached hydrogens (tertiary/aromatic N) is 2. The van der Waals surface area contributed by atoms with Gasteiger partial charge in [-0.3, -0.25) is 4.98 Å². The van der Waals surface area contributed by atoms with Crippen LogP contribution in [0.4, 0.5) is 5.69 Å². The number of hydrogen-bond donors (Lipinski definition) is 2. The third-order valence-electron chi connectivity index (χ3n) is 5.86. The van der Waals surface area contributed by atoms with Crippen molar-refractivity contribution in [3.05, 3.63) is 84.7 Å². The van der Waals surface area contributed by atoms with Crippen molar-refractivity contribution in [2.45, 2.75) is 25.4 Å². The summed E-state index contributed by atoms with van der Waals surface area (Å²) in [6, 6.07) is 24.3. The second-order valence-electron chi connectivity index (χ2n) is 7.82. The number of piperidine rings is 1. The maximum absolute atomic E-state index is 4.20. The molecule has 146 valence electrons. The number of benzene rings is 2. The number of rotatable bonds is 5. The van der Waals surface area contributed by atoms with Gasteiger partial charge in [0.05, 0.1) is 0 Å². The molecule has 4 heteroatoms. The zero-order chi connectivity index (χ0) is 19.5. The Morgan fingerprint density at radius 1 is 0.966 bits per heavy atom. The van der Waals surface area contributed by atoms with Gasteiger partial charge in [-0.15, -0.1) is 0 Å². The highest BCUT2D eigenvalue weighted by molar-refractivity contribution is 5.86. The van der Waals surface area contributed by atoms with E-state index in [0.29, 0.717) is 6.04 Å². The molecule has 2 N–H and O–H groups in total. The molecule has 2 aromatic heterocycles. The number of anilines is 1. The van der Waals surface area contributed by atoms with Crippen LogP contribution < -0.4 is 10.2 Å². The highest BCUT2D eigenvalue weighted by atomic mass is 15.1. The van der Waals surface area contributed by atoms with Gasteiger partial charge in [-0.05, 0) is 54.3 Å². The van der Waals surface area contributed by atoms with Crippen LogP contribution in [0.15, 0.2) is 79.1 Å². The van der Waals surface area contributed by atoms with Gasteiger partial charge in [0.2, 0.25) is 0 Å². The first-order valence-electron chi connectivity index (χ1n) is 10.4. The second kappa shape index (κ2) is 8.10. The summed E-state index contributed by atoms with van der Waals surface area (Å²) < 4.78 is 0. The molecule has 0 amide bonds. The molecule has 29 heavy (non-hydrogen) atoms. The maximum atomic E-state index is 4.20. The first kappa shape index (κ1) is 18.0. The van der Waals surface area contributed by atoms with Crippen molar-refractivity contribution in [3.63, 3.8) is 0 Å². The van der Waals surface area contributed by atoms with E-state index in [9.17, 15) is 0 Å². The van der Waals surface area contributed by atoms with Crippen LogP contribution in [-0.4, -0.2) is 29.1 Å². The van der Waals surface area contributed by atoms with E-state index in [4.69, 9.17) is 0 Å². The number of pyridine rings is 1. The minimum Gasteiger partial charge on any atom is -0.371 e. The predicted octanol–water partition coefficient (Wildman–Crippen LogP) is 4.99. The highest BCUT2D eigenvalue weighted by Crippen LogP contribution is 2.28. The van der Waals surface area contributed by atoms with Crippen molar-refractivity contribution in [2.24, 2.45) is 0 Å². The molecule has 4 aromatic rings. The topological polar surface area (TPSA) is 44.0 Å². The van der Waals surface area contributed by atoms with E-state index in [1.807, 2.05) is 18.5 Å². The Bertz CT molecular complexity index is 1050. The lowest BCUT2D eigenvalue weighted by Gasteiger charge is -2.34. The van der Waals surface area contributed by atoms with Crippen molar-refractivity contribution >= 4 is 16.6 Å². The van der Waals surface area contributed by atoms with E-state index in [0.717, 1.165) is 32.5 Å². The molecular weight excluding hydrogens is 356 g/mol. The summed E-state index contributed by atoms with van der Waals surface area (Å²) in [5.74, 6) is 0. The van der Waals surface area contributed by atoms with Crippen LogP contribution in [0.25, 0.3) is 22.2 Å². The lowest BCUT2D eigenvalue weighted by molar-refractivity contribution is 0.414. The fourth-order valence-electron chi connectivity index (χ4n) is 4.21. The average molecular weight is 383 g/mol. The van der Waals surface area contributed by atoms with E-state index >= 15 is 0 Å². The highest BCUT2D eigenvalue weighted by Gasteiger charge is 2.19. The number of H-pyrrole nitrogens is 1. The summed E-state index contributed by atoms with van der Waals surface area (Å²) in [5.41, 5.74) is 6.18. The number of para-hydroxylation sites is 1. The lowest BCUT2D eigenvalue weighted by Crippen LogP contribution is -2.42. The summed E-state index contributed by atoms with van der Waals surface area (Å²) in [7, 11) is 0.